The Morgan fingerprint density at radius 2 is 1.90 bits per heavy atom. The minimum atomic E-state index is -0.338. The van der Waals surface area contributed by atoms with Gasteiger partial charge >= 0.3 is 0 Å². The number of rotatable bonds is 3. The van der Waals surface area contributed by atoms with Crippen LogP contribution in [0.1, 0.15) is 32.7 Å². The number of nitrogens with zero attached hydrogens (tertiary/aromatic N) is 5. The Kier molecular flexibility index (Phi) is 5.08. The van der Waals surface area contributed by atoms with Gasteiger partial charge in [-0.1, -0.05) is 25.6 Å². The number of thioether (sulfide) groups is 1. The number of hydrogen-bond donors (Lipinski definition) is 0. The molecule has 3 atom stereocenters. The maximum atomic E-state index is 13.3. The number of hydrogen-bond acceptors (Lipinski definition) is 5. The van der Waals surface area contributed by atoms with E-state index in [4.69, 9.17) is 0 Å². The highest BCUT2D eigenvalue weighted by Crippen LogP contribution is 2.34. The average molecular weight is 442 g/mol. The fourth-order valence-electron chi connectivity index (χ4n) is 4.75. The molecular formula is C22H24FN5O2S. The molecule has 4 heterocycles. The zero-order valence-electron chi connectivity index (χ0n) is 17.5. The van der Waals surface area contributed by atoms with Gasteiger partial charge in [-0.25, -0.2) is 14.1 Å². The molecular weight excluding hydrogens is 417 g/mol. The van der Waals surface area contributed by atoms with E-state index in [0.717, 1.165) is 19.5 Å². The standard InChI is InChI=1S/C22H24FN5O2S/c1-13-7-14(2)11-26(10-13)19(29)8-17-12-31-22-25-20-18(21(30)27(17)22)9-24-28(20)16-5-3-15(23)4-6-16/h3-6,9,13-14,17H,7-8,10-12H2,1-2H3. The third-order valence-corrected chi connectivity index (χ3v) is 7.17. The van der Waals surface area contributed by atoms with Crippen LogP contribution in [0.4, 0.5) is 4.39 Å². The highest BCUT2D eigenvalue weighted by molar-refractivity contribution is 7.99. The van der Waals surface area contributed by atoms with Crippen LogP contribution in [-0.2, 0) is 4.79 Å². The molecule has 7 nitrogen and oxygen atoms in total. The smallest absolute Gasteiger partial charge is 0.265 e. The van der Waals surface area contributed by atoms with Crippen molar-refractivity contribution in [3.8, 4) is 5.69 Å². The number of carbonyl (C=O) groups is 1. The molecule has 2 aliphatic rings. The Balaban J connectivity index is 1.45. The van der Waals surface area contributed by atoms with Gasteiger partial charge in [0.05, 0.1) is 17.9 Å². The van der Waals surface area contributed by atoms with E-state index in [1.54, 1.807) is 21.4 Å². The SMILES string of the molecule is CC1CC(C)CN(C(=O)CC2CSc3nc4c(cnn4-c4ccc(F)cc4)c(=O)n32)C1. The molecule has 0 bridgehead atoms. The number of aromatic nitrogens is 4. The van der Waals surface area contributed by atoms with Crippen molar-refractivity contribution in [3.63, 3.8) is 0 Å². The summed E-state index contributed by atoms with van der Waals surface area (Å²) in [5.41, 5.74) is 0.897. The molecule has 3 unspecified atom stereocenters. The number of piperidine rings is 1. The van der Waals surface area contributed by atoms with Gasteiger partial charge in [0, 0.05) is 25.3 Å². The van der Waals surface area contributed by atoms with Crippen LogP contribution >= 0.6 is 11.8 Å². The van der Waals surface area contributed by atoms with Crippen LogP contribution in [0.3, 0.4) is 0 Å². The van der Waals surface area contributed by atoms with Gasteiger partial charge in [-0.05, 0) is 42.5 Å². The zero-order chi connectivity index (χ0) is 21.7. The highest BCUT2D eigenvalue weighted by Gasteiger charge is 2.32. The minimum absolute atomic E-state index is 0.103. The van der Waals surface area contributed by atoms with Gasteiger partial charge in [-0.2, -0.15) is 5.10 Å². The van der Waals surface area contributed by atoms with Gasteiger partial charge in [0.2, 0.25) is 5.91 Å². The van der Waals surface area contributed by atoms with Crippen molar-refractivity contribution in [1.82, 2.24) is 24.2 Å². The third-order valence-electron chi connectivity index (χ3n) is 6.07. The molecule has 1 fully saturated rings. The van der Waals surface area contributed by atoms with Crippen molar-refractivity contribution in [3.05, 3.63) is 46.6 Å². The molecule has 31 heavy (non-hydrogen) atoms. The van der Waals surface area contributed by atoms with Crippen LogP contribution in [0.2, 0.25) is 0 Å². The maximum Gasteiger partial charge on any atom is 0.265 e. The molecule has 0 saturated carbocycles. The monoisotopic (exact) mass is 441 g/mol. The summed E-state index contributed by atoms with van der Waals surface area (Å²) in [6.07, 6.45) is 2.95. The summed E-state index contributed by atoms with van der Waals surface area (Å²) >= 11 is 1.48. The minimum Gasteiger partial charge on any atom is -0.342 e. The van der Waals surface area contributed by atoms with Crippen molar-refractivity contribution in [1.29, 1.82) is 0 Å². The Morgan fingerprint density at radius 1 is 1.19 bits per heavy atom. The summed E-state index contributed by atoms with van der Waals surface area (Å²) in [6, 6.07) is 5.69. The van der Waals surface area contributed by atoms with E-state index in [1.165, 1.54) is 30.1 Å². The van der Waals surface area contributed by atoms with E-state index in [-0.39, 0.29) is 23.3 Å². The first-order valence-electron chi connectivity index (χ1n) is 10.6. The lowest BCUT2D eigenvalue weighted by Crippen LogP contribution is -2.43. The summed E-state index contributed by atoms with van der Waals surface area (Å²) in [5, 5.41) is 5.30. The number of fused-ring (bicyclic) bond motifs is 2. The van der Waals surface area contributed by atoms with Gasteiger partial charge in [0.15, 0.2) is 10.8 Å². The normalized spacial score (nSPS) is 23.3. The zero-order valence-corrected chi connectivity index (χ0v) is 18.3. The van der Waals surface area contributed by atoms with E-state index in [2.05, 4.69) is 23.9 Å². The van der Waals surface area contributed by atoms with E-state index in [9.17, 15) is 14.0 Å². The molecule has 5 rings (SSSR count). The number of amides is 1. The summed E-state index contributed by atoms with van der Waals surface area (Å²) in [4.78, 5) is 32.9. The molecule has 0 aliphatic carbocycles. The summed E-state index contributed by atoms with van der Waals surface area (Å²) in [6.45, 7) is 5.93. The molecule has 2 aromatic heterocycles. The molecule has 3 aromatic rings. The second-order valence-corrected chi connectivity index (χ2v) is 9.74. The topological polar surface area (TPSA) is 73.0 Å². The number of carbonyl (C=O) groups excluding carboxylic acids is 1. The number of likely N-dealkylation sites (tertiary alicyclic amines) is 1. The second kappa shape index (κ2) is 7.78. The molecule has 0 N–H and O–H groups in total. The van der Waals surface area contributed by atoms with Crippen molar-refractivity contribution < 1.29 is 9.18 Å². The third kappa shape index (κ3) is 3.64. The molecule has 0 radical (unpaired) electrons. The van der Waals surface area contributed by atoms with E-state index >= 15 is 0 Å². The quantitative estimate of drug-likeness (QED) is 0.584. The van der Waals surface area contributed by atoms with E-state index < -0.39 is 0 Å². The summed E-state index contributed by atoms with van der Waals surface area (Å²) < 4.78 is 16.5. The summed E-state index contributed by atoms with van der Waals surface area (Å²) in [5.74, 6) is 1.41. The van der Waals surface area contributed by atoms with Crippen LogP contribution in [-0.4, -0.2) is 49.0 Å². The number of halogens is 1. The lowest BCUT2D eigenvalue weighted by Gasteiger charge is -2.35. The van der Waals surface area contributed by atoms with Crippen LogP contribution in [0.5, 0.6) is 0 Å². The first-order chi connectivity index (χ1) is 14.9. The molecule has 1 amide bonds. The molecule has 0 spiro atoms. The first kappa shape index (κ1) is 20.2. The Morgan fingerprint density at radius 3 is 2.61 bits per heavy atom. The molecule has 1 saturated heterocycles. The van der Waals surface area contributed by atoms with Gasteiger partial charge < -0.3 is 4.90 Å². The van der Waals surface area contributed by atoms with Crippen molar-refractivity contribution in [2.24, 2.45) is 11.8 Å². The predicted molar refractivity (Wildman–Crippen MR) is 117 cm³/mol. The lowest BCUT2D eigenvalue weighted by molar-refractivity contribution is -0.134. The Labute approximate surface area is 183 Å². The molecule has 9 heteroatoms. The molecule has 162 valence electrons. The maximum absolute atomic E-state index is 13.3. The average Bonchev–Trinajstić information content (AvgIpc) is 3.33. The largest absolute Gasteiger partial charge is 0.342 e. The fourth-order valence-corrected chi connectivity index (χ4v) is 5.88. The van der Waals surface area contributed by atoms with E-state index in [0.29, 0.717) is 45.9 Å². The van der Waals surface area contributed by atoms with Gasteiger partial charge in [0.25, 0.3) is 5.56 Å². The molecule has 1 aromatic carbocycles. The van der Waals surface area contributed by atoms with E-state index in [1.807, 2.05) is 4.90 Å². The fraction of sp³-hybridized carbons (Fsp3) is 0.455. The highest BCUT2D eigenvalue weighted by atomic mass is 32.2. The van der Waals surface area contributed by atoms with Crippen LogP contribution in [0.15, 0.2) is 40.4 Å². The Hall–Kier alpha value is -2.68. The first-order valence-corrected chi connectivity index (χ1v) is 11.6. The van der Waals surface area contributed by atoms with Gasteiger partial charge in [-0.3, -0.25) is 14.2 Å². The van der Waals surface area contributed by atoms with Crippen LogP contribution in [0.25, 0.3) is 16.7 Å². The van der Waals surface area contributed by atoms with Gasteiger partial charge in [0.1, 0.15) is 11.2 Å². The molecule has 2 aliphatic heterocycles. The van der Waals surface area contributed by atoms with Crippen molar-refractivity contribution in [2.75, 3.05) is 18.8 Å². The van der Waals surface area contributed by atoms with Crippen molar-refractivity contribution >= 4 is 28.7 Å². The lowest BCUT2D eigenvalue weighted by atomic mass is 9.91. The number of benzene rings is 1. The van der Waals surface area contributed by atoms with Crippen LogP contribution in [0, 0.1) is 17.7 Å². The Bertz CT molecular complexity index is 1200. The van der Waals surface area contributed by atoms with Crippen molar-refractivity contribution in [2.45, 2.75) is 37.9 Å². The van der Waals surface area contributed by atoms with Gasteiger partial charge in [-0.15, -0.1) is 0 Å². The predicted octanol–water partition coefficient (Wildman–Crippen LogP) is 3.26. The van der Waals surface area contributed by atoms with Crippen LogP contribution < -0.4 is 5.56 Å². The second-order valence-electron chi connectivity index (χ2n) is 8.75. The summed E-state index contributed by atoms with van der Waals surface area (Å²) in [7, 11) is 0.